The SMILES string of the molecule is COc1ccc(OC/C(C)=C/Cl)c(CCN)c1. The number of hydrogen-bond donors (Lipinski definition) is 1. The lowest BCUT2D eigenvalue weighted by Crippen LogP contribution is -2.06. The molecule has 0 unspecified atom stereocenters. The zero-order chi connectivity index (χ0) is 12.7. The Bertz CT molecular complexity index is 391. The molecule has 0 spiro atoms. The maximum absolute atomic E-state index is 5.68. The Morgan fingerprint density at radius 3 is 2.82 bits per heavy atom. The van der Waals surface area contributed by atoms with Crippen molar-refractivity contribution >= 4 is 11.6 Å². The summed E-state index contributed by atoms with van der Waals surface area (Å²) in [4.78, 5) is 0. The van der Waals surface area contributed by atoms with E-state index in [4.69, 9.17) is 26.8 Å². The van der Waals surface area contributed by atoms with Crippen molar-refractivity contribution in [1.82, 2.24) is 0 Å². The van der Waals surface area contributed by atoms with Crippen LogP contribution in [0.5, 0.6) is 11.5 Å². The van der Waals surface area contributed by atoms with Gasteiger partial charge >= 0.3 is 0 Å². The first-order valence-corrected chi connectivity index (χ1v) is 5.90. The Balaban J connectivity index is 2.82. The van der Waals surface area contributed by atoms with Crippen LogP contribution in [0.4, 0.5) is 0 Å². The average Bonchev–Trinajstić information content (AvgIpc) is 2.37. The first-order valence-electron chi connectivity index (χ1n) is 5.47. The largest absolute Gasteiger partial charge is 0.497 e. The maximum Gasteiger partial charge on any atom is 0.123 e. The van der Waals surface area contributed by atoms with Crippen molar-refractivity contribution < 1.29 is 9.47 Å². The maximum atomic E-state index is 5.68. The highest BCUT2D eigenvalue weighted by atomic mass is 35.5. The highest BCUT2D eigenvalue weighted by molar-refractivity contribution is 6.25. The summed E-state index contributed by atoms with van der Waals surface area (Å²) < 4.78 is 10.9. The number of nitrogens with two attached hydrogens (primary N) is 1. The highest BCUT2D eigenvalue weighted by Crippen LogP contribution is 2.24. The van der Waals surface area contributed by atoms with Gasteiger partial charge in [-0.1, -0.05) is 11.6 Å². The Kier molecular flexibility index (Phi) is 5.87. The van der Waals surface area contributed by atoms with E-state index in [0.717, 1.165) is 29.1 Å². The lowest BCUT2D eigenvalue weighted by molar-refractivity contribution is 0.347. The second-order valence-corrected chi connectivity index (χ2v) is 3.97. The highest BCUT2D eigenvalue weighted by Gasteiger charge is 2.05. The van der Waals surface area contributed by atoms with E-state index in [0.29, 0.717) is 13.2 Å². The molecule has 0 aromatic heterocycles. The van der Waals surface area contributed by atoms with E-state index in [1.807, 2.05) is 25.1 Å². The van der Waals surface area contributed by atoms with Crippen LogP contribution in [0.25, 0.3) is 0 Å². The number of hydrogen-bond acceptors (Lipinski definition) is 3. The molecule has 1 rings (SSSR count). The minimum absolute atomic E-state index is 0.480. The second-order valence-electron chi connectivity index (χ2n) is 3.76. The number of ether oxygens (including phenoxy) is 2. The quantitative estimate of drug-likeness (QED) is 0.850. The molecule has 3 nitrogen and oxygen atoms in total. The van der Waals surface area contributed by atoms with Crippen LogP contribution < -0.4 is 15.2 Å². The van der Waals surface area contributed by atoms with Crippen molar-refractivity contribution in [2.24, 2.45) is 5.73 Å². The van der Waals surface area contributed by atoms with Gasteiger partial charge in [0.1, 0.15) is 18.1 Å². The molecule has 2 N–H and O–H groups in total. The zero-order valence-corrected chi connectivity index (χ0v) is 11.0. The molecule has 0 aliphatic heterocycles. The third kappa shape index (κ3) is 4.29. The zero-order valence-electron chi connectivity index (χ0n) is 10.2. The molecule has 0 aliphatic rings. The number of benzene rings is 1. The first-order chi connectivity index (χ1) is 8.21. The molecule has 94 valence electrons. The molecule has 0 fully saturated rings. The molecule has 0 atom stereocenters. The van der Waals surface area contributed by atoms with E-state index in [9.17, 15) is 0 Å². The van der Waals surface area contributed by atoms with Crippen LogP contribution in [0.2, 0.25) is 0 Å². The van der Waals surface area contributed by atoms with Crippen LogP contribution in [-0.2, 0) is 6.42 Å². The van der Waals surface area contributed by atoms with Crippen molar-refractivity contribution in [2.45, 2.75) is 13.3 Å². The van der Waals surface area contributed by atoms with Gasteiger partial charge in [0.25, 0.3) is 0 Å². The summed E-state index contributed by atoms with van der Waals surface area (Å²) >= 11 is 5.58. The monoisotopic (exact) mass is 255 g/mol. The third-order valence-electron chi connectivity index (χ3n) is 2.32. The van der Waals surface area contributed by atoms with Gasteiger partial charge in [0, 0.05) is 5.54 Å². The van der Waals surface area contributed by atoms with Gasteiger partial charge in [-0.25, -0.2) is 0 Å². The van der Waals surface area contributed by atoms with Crippen molar-refractivity contribution in [3.8, 4) is 11.5 Å². The Labute approximate surface area is 107 Å². The molecule has 17 heavy (non-hydrogen) atoms. The molecule has 0 saturated carbocycles. The van der Waals surface area contributed by atoms with Crippen LogP contribution in [0, 0.1) is 0 Å². The number of halogens is 1. The fraction of sp³-hybridized carbons (Fsp3) is 0.385. The standard InChI is InChI=1S/C13H18ClNO2/c1-10(8-14)9-17-13-4-3-12(16-2)7-11(13)5-6-15/h3-4,7-8H,5-6,9,15H2,1-2H3/b10-8+. The van der Waals surface area contributed by atoms with Crippen LogP contribution >= 0.6 is 11.6 Å². The van der Waals surface area contributed by atoms with Gasteiger partial charge in [-0.05, 0) is 49.2 Å². The van der Waals surface area contributed by atoms with Crippen LogP contribution in [0.1, 0.15) is 12.5 Å². The minimum Gasteiger partial charge on any atom is -0.497 e. The Hall–Kier alpha value is -1.19. The fourth-order valence-corrected chi connectivity index (χ4v) is 1.46. The Morgan fingerprint density at radius 1 is 1.47 bits per heavy atom. The van der Waals surface area contributed by atoms with Gasteiger partial charge in [0.05, 0.1) is 7.11 Å². The average molecular weight is 256 g/mol. The van der Waals surface area contributed by atoms with E-state index >= 15 is 0 Å². The summed E-state index contributed by atoms with van der Waals surface area (Å²) in [6.45, 7) is 2.97. The van der Waals surface area contributed by atoms with E-state index in [1.54, 1.807) is 7.11 Å². The second kappa shape index (κ2) is 7.20. The van der Waals surface area contributed by atoms with Crippen molar-refractivity contribution in [1.29, 1.82) is 0 Å². The van der Waals surface area contributed by atoms with Gasteiger partial charge in [-0.15, -0.1) is 0 Å². The van der Waals surface area contributed by atoms with E-state index in [1.165, 1.54) is 5.54 Å². The van der Waals surface area contributed by atoms with E-state index in [2.05, 4.69) is 0 Å². The lowest BCUT2D eigenvalue weighted by Gasteiger charge is -2.12. The van der Waals surface area contributed by atoms with Gasteiger partial charge in [0.2, 0.25) is 0 Å². The summed E-state index contributed by atoms with van der Waals surface area (Å²) in [6, 6.07) is 5.71. The number of rotatable bonds is 6. The molecule has 1 aromatic rings. The molecular weight excluding hydrogens is 238 g/mol. The predicted molar refractivity (Wildman–Crippen MR) is 70.9 cm³/mol. The number of methoxy groups -OCH3 is 1. The predicted octanol–water partition coefficient (Wildman–Crippen LogP) is 2.72. The molecule has 0 heterocycles. The summed E-state index contributed by atoms with van der Waals surface area (Å²) in [6.07, 6.45) is 0.760. The van der Waals surface area contributed by atoms with Gasteiger partial charge < -0.3 is 15.2 Å². The molecule has 0 radical (unpaired) electrons. The minimum atomic E-state index is 0.480. The molecule has 0 saturated heterocycles. The van der Waals surface area contributed by atoms with Crippen molar-refractivity contribution in [2.75, 3.05) is 20.3 Å². The van der Waals surface area contributed by atoms with Gasteiger partial charge in [-0.2, -0.15) is 0 Å². The van der Waals surface area contributed by atoms with Crippen molar-refractivity contribution in [3.05, 3.63) is 34.9 Å². The van der Waals surface area contributed by atoms with Gasteiger partial charge in [-0.3, -0.25) is 0 Å². The molecule has 1 aromatic carbocycles. The lowest BCUT2D eigenvalue weighted by atomic mass is 10.1. The Morgan fingerprint density at radius 2 is 2.24 bits per heavy atom. The molecule has 0 bridgehead atoms. The van der Waals surface area contributed by atoms with Crippen LogP contribution in [0.15, 0.2) is 29.3 Å². The summed E-state index contributed by atoms with van der Waals surface area (Å²) in [7, 11) is 1.64. The topological polar surface area (TPSA) is 44.5 Å². The summed E-state index contributed by atoms with van der Waals surface area (Å²) in [5.41, 5.74) is 9.12. The van der Waals surface area contributed by atoms with E-state index < -0.39 is 0 Å². The molecular formula is C13H18ClNO2. The van der Waals surface area contributed by atoms with Crippen molar-refractivity contribution in [3.63, 3.8) is 0 Å². The smallest absolute Gasteiger partial charge is 0.123 e. The van der Waals surface area contributed by atoms with E-state index in [-0.39, 0.29) is 0 Å². The third-order valence-corrected chi connectivity index (χ3v) is 2.70. The van der Waals surface area contributed by atoms with Crippen LogP contribution in [-0.4, -0.2) is 20.3 Å². The fourth-order valence-electron chi connectivity index (χ4n) is 1.40. The van der Waals surface area contributed by atoms with Gasteiger partial charge in [0.15, 0.2) is 0 Å². The summed E-state index contributed by atoms with van der Waals surface area (Å²) in [5.74, 6) is 1.64. The molecule has 4 heteroatoms. The summed E-state index contributed by atoms with van der Waals surface area (Å²) in [5, 5.41) is 0. The van der Waals surface area contributed by atoms with Crippen LogP contribution in [0.3, 0.4) is 0 Å². The first kappa shape index (κ1) is 13.9. The molecule has 0 amide bonds. The molecule has 0 aliphatic carbocycles. The normalized spacial score (nSPS) is 11.4.